The van der Waals surface area contributed by atoms with Crippen LogP contribution in [0.15, 0.2) is 42.7 Å². The fraction of sp³-hybridized carbons (Fsp3) is 0.370. The molecule has 2 N–H and O–H groups in total. The predicted molar refractivity (Wildman–Crippen MR) is 145 cm³/mol. The van der Waals surface area contributed by atoms with Gasteiger partial charge in [0.1, 0.15) is 12.1 Å². The number of fused-ring (bicyclic) bond motifs is 2. The largest absolute Gasteiger partial charge is 0.493 e. The number of aromatic nitrogens is 2. The maximum Gasteiger partial charge on any atom is 0.303 e. The van der Waals surface area contributed by atoms with E-state index in [-0.39, 0.29) is 6.42 Å². The highest BCUT2D eigenvalue weighted by Gasteiger charge is 2.14. The molecule has 0 fully saturated rings. The molecule has 0 aliphatic heterocycles. The van der Waals surface area contributed by atoms with Gasteiger partial charge in [0.25, 0.3) is 0 Å². The molecule has 0 saturated carbocycles. The zero-order chi connectivity index (χ0) is 25.5. The Hall–Kier alpha value is -3.43. The number of carboxylic acids is 1. The summed E-state index contributed by atoms with van der Waals surface area (Å²) in [6.07, 6.45) is 3.09. The van der Waals surface area contributed by atoms with Gasteiger partial charge in [-0.1, -0.05) is 19.9 Å². The average Bonchev–Trinajstić information content (AvgIpc) is 3.31. The first kappa shape index (κ1) is 25.7. The van der Waals surface area contributed by atoms with Crippen molar-refractivity contribution in [3.8, 4) is 11.5 Å². The fourth-order valence-corrected chi connectivity index (χ4v) is 5.24. The summed E-state index contributed by atoms with van der Waals surface area (Å²) in [5, 5.41) is 14.3. The quantitative estimate of drug-likeness (QED) is 0.221. The highest BCUT2D eigenvalue weighted by atomic mass is 32.1. The van der Waals surface area contributed by atoms with Gasteiger partial charge in [0.2, 0.25) is 0 Å². The number of carbonyl (C=O) groups is 1. The van der Waals surface area contributed by atoms with Crippen LogP contribution in [0.25, 0.3) is 21.0 Å². The van der Waals surface area contributed by atoms with Gasteiger partial charge >= 0.3 is 5.97 Å². The Morgan fingerprint density at radius 3 is 2.69 bits per heavy atom. The van der Waals surface area contributed by atoms with Gasteiger partial charge in [0.15, 0.2) is 11.5 Å². The maximum absolute atomic E-state index is 11.0. The van der Waals surface area contributed by atoms with Crippen LogP contribution in [0.1, 0.15) is 31.6 Å². The minimum absolute atomic E-state index is 0.117. The molecule has 4 rings (SSSR count). The van der Waals surface area contributed by atoms with Crippen LogP contribution >= 0.6 is 11.3 Å². The smallest absolute Gasteiger partial charge is 0.303 e. The molecule has 2 heterocycles. The summed E-state index contributed by atoms with van der Waals surface area (Å²) in [7, 11) is 1.63. The number of aryl methyl sites for hydroxylation is 1. The lowest BCUT2D eigenvalue weighted by Gasteiger charge is -2.18. The number of rotatable bonds is 13. The van der Waals surface area contributed by atoms with Crippen molar-refractivity contribution in [3.63, 3.8) is 0 Å². The van der Waals surface area contributed by atoms with E-state index in [1.807, 2.05) is 30.3 Å². The summed E-state index contributed by atoms with van der Waals surface area (Å²) >= 11 is 1.61. The van der Waals surface area contributed by atoms with Crippen molar-refractivity contribution in [2.45, 2.75) is 33.1 Å². The second-order valence-corrected chi connectivity index (χ2v) is 9.59. The van der Waals surface area contributed by atoms with E-state index in [1.54, 1.807) is 18.4 Å². The Morgan fingerprint density at radius 2 is 1.94 bits per heavy atom. The molecule has 9 heteroatoms. The van der Waals surface area contributed by atoms with E-state index in [0.29, 0.717) is 30.3 Å². The summed E-state index contributed by atoms with van der Waals surface area (Å²) in [5.74, 6) is 1.17. The van der Waals surface area contributed by atoms with Crippen LogP contribution in [0.3, 0.4) is 0 Å². The van der Waals surface area contributed by atoms with E-state index < -0.39 is 5.97 Å². The van der Waals surface area contributed by atoms with Crippen LogP contribution in [0.5, 0.6) is 11.5 Å². The van der Waals surface area contributed by atoms with Gasteiger partial charge < -0.3 is 24.8 Å². The zero-order valence-electron chi connectivity index (χ0n) is 20.9. The first-order valence-electron chi connectivity index (χ1n) is 12.2. The summed E-state index contributed by atoms with van der Waals surface area (Å²) < 4.78 is 12.8. The maximum atomic E-state index is 11.0. The van der Waals surface area contributed by atoms with E-state index in [9.17, 15) is 4.79 Å². The van der Waals surface area contributed by atoms with Gasteiger partial charge in [-0.25, -0.2) is 9.97 Å². The van der Waals surface area contributed by atoms with Crippen LogP contribution < -0.4 is 14.8 Å². The van der Waals surface area contributed by atoms with Crippen LogP contribution in [-0.4, -0.2) is 59.3 Å². The topological polar surface area (TPSA) is 96.8 Å². The molecule has 190 valence electrons. The SMILES string of the molecule is CCN(CC)CCCOc1cc2ncnc(Nc3cccc4sc(CCC(=O)O)cc34)c2cc1OC. The summed E-state index contributed by atoms with van der Waals surface area (Å²) in [6, 6.07) is 11.9. The summed E-state index contributed by atoms with van der Waals surface area (Å²) in [5.41, 5.74) is 1.66. The normalized spacial score (nSPS) is 11.3. The second kappa shape index (κ2) is 12.0. The molecule has 0 bridgehead atoms. The molecule has 0 saturated heterocycles. The van der Waals surface area contributed by atoms with Gasteiger partial charge in [-0.05, 0) is 50.2 Å². The van der Waals surface area contributed by atoms with Crippen molar-refractivity contribution in [1.29, 1.82) is 0 Å². The molecule has 0 aliphatic rings. The van der Waals surface area contributed by atoms with Crippen molar-refractivity contribution >= 4 is 49.8 Å². The number of anilines is 2. The van der Waals surface area contributed by atoms with E-state index in [2.05, 4.69) is 40.1 Å². The van der Waals surface area contributed by atoms with Gasteiger partial charge in [-0.3, -0.25) is 4.79 Å². The number of nitrogens with zero attached hydrogens (tertiary/aromatic N) is 3. The van der Waals surface area contributed by atoms with E-state index in [4.69, 9.17) is 14.6 Å². The Morgan fingerprint density at radius 1 is 1.11 bits per heavy atom. The van der Waals surface area contributed by atoms with Gasteiger partial charge in [0.05, 0.1) is 25.7 Å². The number of carboxylic acid groups (broad SMARTS) is 1. The molecule has 4 aromatic rings. The second-order valence-electron chi connectivity index (χ2n) is 8.42. The van der Waals surface area contributed by atoms with Gasteiger partial charge in [-0.15, -0.1) is 11.3 Å². The molecule has 0 spiro atoms. The average molecular weight is 509 g/mol. The molecule has 0 aliphatic carbocycles. The van der Waals surface area contributed by atoms with Crippen molar-refractivity contribution in [2.75, 3.05) is 38.7 Å². The molecule has 0 atom stereocenters. The number of aliphatic carboxylic acids is 1. The number of thiophene rings is 1. The molecule has 2 aromatic carbocycles. The highest BCUT2D eigenvalue weighted by Crippen LogP contribution is 2.37. The molecule has 8 nitrogen and oxygen atoms in total. The lowest BCUT2D eigenvalue weighted by atomic mass is 10.1. The molecular formula is C27H32N4O4S. The fourth-order valence-electron chi connectivity index (χ4n) is 4.15. The first-order valence-corrected chi connectivity index (χ1v) is 13.0. The van der Waals surface area contributed by atoms with E-state index >= 15 is 0 Å². The third-order valence-corrected chi connectivity index (χ3v) is 7.30. The highest BCUT2D eigenvalue weighted by molar-refractivity contribution is 7.19. The lowest BCUT2D eigenvalue weighted by molar-refractivity contribution is -0.136. The van der Waals surface area contributed by atoms with Gasteiger partial charge in [0, 0.05) is 38.6 Å². The standard InChI is InChI=1S/C27H32N4O4S/c1-4-31(5-2)12-7-13-35-24-16-22-20(15-23(24)34-3)27(29-17-28-22)30-21-8-6-9-25-19(21)14-18(36-25)10-11-26(32)33/h6,8-9,14-17H,4-5,7,10-13H2,1-3H3,(H,32,33)(H,28,29,30). The van der Waals surface area contributed by atoms with Crippen molar-refractivity contribution in [1.82, 2.24) is 14.9 Å². The number of nitrogens with one attached hydrogen (secondary N) is 1. The van der Waals surface area contributed by atoms with Crippen LogP contribution in [0.4, 0.5) is 11.5 Å². The minimum atomic E-state index is -0.792. The third-order valence-electron chi connectivity index (χ3n) is 6.14. The minimum Gasteiger partial charge on any atom is -0.493 e. The summed E-state index contributed by atoms with van der Waals surface area (Å²) in [4.78, 5) is 23.3. The molecule has 36 heavy (non-hydrogen) atoms. The van der Waals surface area contributed by atoms with Crippen molar-refractivity contribution in [3.05, 3.63) is 47.6 Å². The molecule has 0 radical (unpaired) electrons. The van der Waals surface area contributed by atoms with E-state index in [1.165, 1.54) is 6.33 Å². The van der Waals surface area contributed by atoms with Gasteiger partial charge in [-0.2, -0.15) is 0 Å². The molecular weight excluding hydrogens is 476 g/mol. The van der Waals surface area contributed by atoms with E-state index in [0.717, 1.165) is 57.6 Å². The summed E-state index contributed by atoms with van der Waals surface area (Å²) in [6.45, 7) is 7.99. The number of hydrogen-bond acceptors (Lipinski definition) is 8. The Bertz CT molecular complexity index is 1340. The van der Waals surface area contributed by atoms with Crippen LogP contribution in [0.2, 0.25) is 0 Å². The van der Waals surface area contributed by atoms with Crippen molar-refractivity contribution in [2.24, 2.45) is 0 Å². The Labute approximate surface area is 214 Å². The Kier molecular flexibility index (Phi) is 8.56. The van der Waals surface area contributed by atoms with Crippen molar-refractivity contribution < 1.29 is 19.4 Å². The molecule has 0 amide bonds. The van der Waals surface area contributed by atoms with Crippen LogP contribution in [0, 0.1) is 0 Å². The predicted octanol–water partition coefficient (Wildman–Crippen LogP) is 5.72. The molecule has 0 unspecified atom stereocenters. The number of ether oxygens (including phenoxy) is 2. The number of hydrogen-bond donors (Lipinski definition) is 2. The number of methoxy groups -OCH3 is 1. The first-order chi connectivity index (χ1) is 17.5. The third kappa shape index (κ3) is 6.03. The zero-order valence-corrected chi connectivity index (χ0v) is 21.7. The Balaban J connectivity index is 1.57. The monoisotopic (exact) mass is 508 g/mol. The molecule has 2 aromatic heterocycles. The lowest BCUT2D eigenvalue weighted by Crippen LogP contribution is -2.25. The van der Waals surface area contributed by atoms with Crippen LogP contribution in [-0.2, 0) is 11.2 Å². The number of benzene rings is 2.